The Kier molecular flexibility index (Phi) is 4.09. The molecule has 6 nitrogen and oxygen atoms in total. The number of aliphatic hydroxyl groups is 1. The molecule has 23 heavy (non-hydrogen) atoms. The van der Waals surface area contributed by atoms with E-state index in [1.54, 1.807) is 17.4 Å². The van der Waals surface area contributed by atoms with Crippen LogP contribution in [0, 0.1) is 11.3 Å². The van der Waals surface area contributed by atoms with Gasteiger partial charge in [-0.15, -0.1) is 22.7 Å². The van der Waals surface area contributed by atoms with Crippen molar-refractivity contribution in [3.05, 3.63) is 22.6 Å². The van der Waals surface area contributed by atoms with E-state index < -0.39 is 5.97 Å². The molecular formula is C15H13N3O3S2. The Labute approximate surface area is 139 Å². The van der Waals surface area contributed by atoms with Crippen LogP contribution in [0.15, 0.2) is 17.7 Å². The first-order chi connectivity index (χ1) is 11.0. The zero-order valence-corrected chi connectivity index (χ0v) is 13.8. The van der Waals surface area contributed by atoms with Crippen molar-refractivity contribution in [2.75, 3.05) is 25.1 Å². The summed E-state index contributed by atoms with van der Waals surface area (Å²) in [4.78, 5) is 16.9. The third-order valence-electron chi connectivity index (χ3n) is 3.39. The summed E-state index contributed by atoms with van der Waals surface area (Å²) in [5.74, 6) is -1.22. The molecule has 0 radical (unpaired) electrons. The van der Waals surface area contributed by atoms with Crippen LogP contribution in [0.1, 0.15) is 4.88 Å². The lowest BCUT2D eigenvalue weighted by Gasteiger charge is -2.14. The van der Waals surface area contributed by atoms with E-state index in [1.165, 1.54) is 17.4 Å². The fraction of sp³-hybridized carbons (Fsp3) is 0.200. The molecule has 0 amide bonds. The molecule has 0 fully saturated rings. The number of rotatable bonds is 5. The summed E-state index contributed by atoms with van der Waals surface area (Å²) < 4.78 is 2.14. The van der Waals surface area contributed by atoms with Crippen molar-refractivity contribution >= 4 is 60.2 Å². The number of likely N-dealkylation sites (N-methyl/N-ethyl adjacent to an activating group) is 1. The van der Waals surface area contributed by atoms with Crippen molar-refractivity contribution in [3.8, 4) is 6.07 Å². The van der Waals surface area contributed by atoms with Gasteiger partial charge in [-0.25, -0.2) is 4.79 Å². The third kappa shape index (κ3) is 2.82. The fourth-order valence-electron chi connectivity index (χ4n) is 2.26. The van der Waals surface area contributed by atoms with E-state index in [9.17, 15) is 4.79 Å². The average Bonchev–Trinajstić information content (AvgIpc) is 3.14. The Morgan fingerprint density at radius 2 is 2.09 bits per heavy atom. The van der Waals surface area contributed by atoms with Gasteiger partial charge in [0.05, 0.1) is 32.0 Å². The minimum Gasteiger partial charge on any atom is -0.477 e. The molecule has 0 aliphatic heterocycles. The second-order valence-electron chi connectivity index (χ2n) is 4.96. The fourth-order valence-corrected chi connectivity index (χ4v) is 4.58. The smallest absolute Gasteiger partial charge is 0.346 e. The third-order valence-corrected chi connectivity index (χ3v) is 5.89. The Hall–Kier alpha value is -2.34. The second-order valence-corrected chi connectivity index (χ2v) is 7.08. The standard InChI is InChI=1S/C15H13N3O3S2/c1-18(2-3-19)12-6-11-14(23-12)13-10(17-11)5-9(22-13)4-8(7-16)15(20)21/h4-6,17,19H,2-3H2,1H3,(H,20,21)/b8-4+. The van der Waals surface area contributed by atoms with Gasteiger partial charge >= 0.3 is 5.97 Å². The minimum absolute atomic E-state index is 0.0951. The van der Waals surface area contributed by atoms with Crippen LogP contribution in [0.25, 0.3) is 26.5 Å². The number of nitriles is 1. The van der Waals surface area contributed by atoms with Crippen molar-refractivity contribution in [1.82, 2.24) is 4.98 Å². The Bertz CT molecular complexity index is 958. The number of anilines is 1. The van der Waals surface area contributed by atoms with Crippen molar-refractivity contribution in [1.29, 1.82) is 5.26 Å². The van der Waals surface area contributed by atoms with E-state index in [4.69, 9.17) is 15.5 Å². The molecule has 0 aliphatic rings. The summed E-state index contributed by atoms with van der Waals surface area (Å²) in [6, 6.07) is 5.58. The van der Waals surface area contributed by atoms with Crippen LogP contribution in [-0.2, 0) is 4.79 Å². The van der Waals surface area contributed by atoms with Crippen LogP contribution in [0.4, 0.5) is 5.00 Å². The van der Waals surface area contributed by atoms with Crippen LogP contribution < -0.4 is 4.90 Å². The number of hydrogen-bond acceptors (Lipinski definition) is 6. The summed E-state index contributed by atoms with van der Waals surface area (Å²) in [7, 11) is 1.92. The SMILES string of the molecule is CN(CCO)c1cc2[nH]c3cc(/C=C(\C#N)C(=O)O)sc3c2s1. The highest BCUT2D eigenvalue weighted by Gasteiger charge is 2.14. The molecule has 0 aliphatic carbocycles. The van der Waals surface area contributed by atoms with E-state index in [2.05, 4.69) is 4.98 Å². The molecule has 0 aromatic carbocycles. The molecule has 3 N–H and O–H groups in total. The molecule has 3 aromatic rings. The van der Waals surface area contributed by atoms with Gasteiger partial charge in [-0.2, -0.15) is 5.26 Å². The van der Waals surface area contributed by atoms with E-state index in [1.807, 2.05) is 24.1 Å². The normalized spacial score (nSPS) is 12.0. The number of fused-ring (bicyclic) bond motifs is 3. The van der Waals surface area contributed by atoms with Gasteiger partial charge in [0.1, 0.15) is 11.6 Å². The topological polar surface area (TPSA) is 100 Å². The zero-order chi connectivity index (χ0) is 16.6. The lowest BCUT2D eigenvalue weighted by atomic mass is 10.2. The number of carboxylic acid groups (broad SMARTS) is 1. The highest BCUT2D eigenvalue weighted by Crippen LogP contribution is 2.41. The molecule has 0 saturated carbocycles. The highest BCUT2D eigenvalue weighted by molar-refractivity contribution is 7.29. The molecule has 8 heteroatoms. The largest absolute Gasteiger partial charge is 0.477 e. The van der Waals surface area contributed by atoms with Crippen LogP contribution >= 0.6 is 22.7 Å². The van der Waals surface area contributed by atoms with Crippen LogP contribution in [-0.4, -0.2) is 41.4 Å². The Morgan fingerprint density at radius 1 is 1.39 bits per heavy atom. The number of hydrogen-bond donors (Lipinski definition) is 3. The number of aromatic amines is 1. The molecule has 0 unspecified atom stereocenters. The van der Waals surface area contributed by atoms with E-state index in [0.717, 1.165) is 30.3 Å². The molecule has 0 atom stereocenters. The molecular weight excluding hydrogens is 334 g/mol. The molecule has 0 saturated heterocycles. The maximum atomic E-state index is 10.9. The van der Waals surface area contributed by atoms with Gasteiger partial charge in [0.25, 0.3) is 0 Å². The van der Waals surface area contributed by atoms with E-state index in [-0.39, 0.29) is 12.2 Å². The summed E-state index contributed by atoms with van der Waals surface area (Å²) >= 11 is 3.07. The van der Waals surface area contributed by atoms with Crippen molar-refractivity contribution < 1.29 is 15.0 Å². The summed E-state index contributed by atoms with van der Waals surface area (Å²) in [6.45, 7) is 0.659. The van der Waals surface area contributed by atoms with Gasteiger partial charge in [-0.05, 0) is 18.2 Å². The monoisotopic (exact) mass is 347 g/mol. The second kappa shape index (κ2) is 6.04. The van der Waals surface area contributed by atoms with Crippen molar-refractivity contribution in [2.45, 2.75) is 0 Å². The summed E-state index contributed by atoms with van der Waals surface area (Å²) in [5.41, 5.74) is 1.67. The first kappa shape index (κ1) is 15.6. The molecule has 118 valence electrons. The predicted octanol–water partition coefficient (Wildman–Crippen LogP) is 2.86. The average molecular weight is 347 g/mol. The van der Waals surface area contributed by atoms with Crippen LogP contribution in [0.2, 0.25) is 0 Å². The lowest BCUT2D eigenvalue weighted by molar-refractivity contribution is -0.132. The summed E-state index contributed by atoms with van der Waals surface area (Å²) in [6.07, 6.45) is 1.39. The van der Waals surface area contributed by atoms with Gasteiger partial charge in [-0.1, -0.05) is 0 Å². The van der Waals surface area contributed by atoms with Crippen LogP contribution in [0.5, 0.6) is 0 Å². The number of H-pyrrole nitrogens is 1. The number of nitrogens with one attached hydrogen (secondary N) is 1. The van der Waals surface area contributed by atoms with Gasteiger partial charge < -0.3 is 20.1 Å². The molecule has 3 aromatic heterocycles. The van der Waals surface area contributed by atoms with Crippen molar-refractivity contribution in [3.63, 3.8) is 0 Å². The number of nitrogens with zero attached hydrogens (tertiary/aromatic N) is 2. The van der Waals surface area contributed by atoms with Crippen LogP contribution in [0.3, 0.4) is 0 Å². The highest BCUT2D eigenvalue weighted by atomic mass is 32.1. The lowest BCUT2D eigenvalue weighted by Crippen LogP contribution is -2.19. The molecule has 3 rings (SSSR count). The molecule has 3 heterocycles. The van der Waals surface area contributed by atoms with Gasteiger partial charge in [0.2, 0.25) is 0 Å². The van der Waals surface area contributed by atoms with Gasteiger partial charge in [0.15, 0.2) is 0 Å². The molecule has 0 spiro atoms. The minimum atomic E-state index is -1.22. The quantitative estimate of drug-likeness (QED) is 0.487. The zero-order valence-electron chi connectivity index (χ0n) is 12.2. The van der Waals surface area contributed by atoms with E-state index >= 15 is 0 Å². The molecule has 0 bridgehead atoms. The van der Waals surface area contributed by atoms with Crippen molar-refractivity contribution in [2.24, 2.45) is 0 Å². The Balaban J connectivity index is 2.04. The van der Waals surface area contributed by atoms with Gasteiger partial charge in [0, 0.05) is 18.5 Å². The van der Waals surface area contributed by atoms with E-state index in [0.29, 0.717) is 6.54 Å². The first-order valence-electron chi connectivity index (χ1n) is 6.75. The maximum absolute atomic E-state index is 10.9. The predicted molar refractivity (Wildman–Crippen MR) is 93.1 cm³/mol. The van der Waals surface area contributed by atoms with Gasteiger partial charge in [-0.3, -0.25) is 0 Å². The number of aliphatic hydroxyl groups excluding tert-OH is 1. The number of carbonyl (C=O) groups is 1. The number of carboxylic acids is 1. The number of aliphatic carboxylic acids is 1. The maximum Gasteiger partial charge on any atom is 0.346 e. The number of thiophene rings is 2. The Morgan fingerprint density at radius 3 is 2.74 bits per heavy atom. The number of aromatic nitrogens is 1. The summed E-state index contributed by atoms with van der Waals surface area (Å²) in [5, 5.41) is 27.9. The first-order valence-corrected chi connectivity index (χ1v) is 8.39.